The standard InChI is InChI=1S/C16H11ClF10N2O3S/c1-2-33(30,31)11-5-8(14(20,21)22)3-4-9(11)29-6-10(12(17)28-29)32-7-13(18,19)15(23,24)16(25,26)27/h3-6H,2,7H2,1H3. The molecule has 0 spiro atoms. The Bertz CT molecular complexity index is 1130. The van der Waals surface area contributed by atoms with Gasteiger partial charge in [-0.3, -0.25) is 0 Å². The first-order valence-electron chi connectivity index (χ1n) is 8.39. The van der Waals surface area contributed by atoms with Crippen molar-refractivity contribution < 1.29 is 57.1 Å². The van der Waals surface area contributed by atoms with Gasteiger partial charge in [0.1, 0.15) is 0 Å². The first-order valence-corrected chi connectivity index (χ1v) is 10.4. The molecule has 1 aromatic carbocycles. The second-order valence-corrected chi connectivity index (χ2v) is 8.98. The van der Waals surface area contributed by atoms with E-state index in [0.29, 0.717) is 23.0 Å². The van der Waals surface area contributed by atoms with Crippen LogP contribution in [0, 0.1) is 0 Å². The van der Waals surface area contributed by atoms with E-state index >= 15 is 0 Å². The highest BCUT2D eigenvalue weighted by Crippen LogP contribution is 2.46. The van der Waals surface area contributed by atoms with Crippen molar-refractivity contribution in [1.29, 1.82) is 0 Å². The van der Waals surface area contributed by atoms with Crippen LogP contribution in [0.5, 0.6) is 5.75 Å². The van der Waals surface area contributed by atoms with Gasteiger partial charge in [-0.2, -0.15) is 49.0 Å². The molecule has 0 N–H and O–H groups in total. The number of hydrogen-bond donors (Lipinski definition) is 0. The van der Waals surface area contributed by atoms with Gasteiger partial charge < -0.3 is 4.74 Å². The lowest BCUT2D eigenvalue weighted by molar-refractivity contribution is -0.358. The van der Waals surface area contributed by atoms with E-state index in [0.717, 1.165) is 6.92 Å². The molecule has 1 heterocycles. The molecule has 17 heteroatoms. The zero-order chi connectivity index (χ0) is 25.6. The molecule has 0 saturated heterocycles. The molecule has 0 aliphatic heterocycles. The monoisotopic (exact) mass is 536 g/mol. The zero-order valence-corrected chi connectivity index (χ0v) is 17.5. The number of halogens is 11. The van der Waals surface area contributed by atoms with Crippen molar-refractivity contribution in [2.45, 2.75) is 36.0 Å². The van der Waals surface area contributed by atoms with Crippen LogP contribution in [0.4, 0.5) is 43.9 Å². The Kier molecular flexibility index (Phi) is 6.98. The Labute approximate surface area is 183 Å². The lowest BCUT2D eigenvalue weighted by Crippen LogP contribution is -2.54. The molecule has 0 fully saturated rings. The normalized spacial score (nSPS) is 13.9. The second kappa shape index (κ2) is 8.52. The molecule has 0 aliphatic carbocycles. The van der Waals surface area contributed by atoms with E-state index in [2.05, 4.69) is 9.84 Å². The summed E-state index contributed by atoms with van der Waals surface area (Å²) in [6, 6.07) is 1.41. The molecule has 186 valence electrons. The Morgan fingerprint density at radius 3 is 2.09 bits per heavy atom. The van der Waals surface area contributed by atoms with Gasteiger partial charge in [-0.1, -0.05) is 18.5 Å². The van der Waals surface area contributed by atoms with Crippen LogP contribution in [0.15, 0.2) is 29.3 Å². The Hall–Kier alpha value is -2.23. The van der Waals surface area contributed by atoms with Gasteiger partial charge in [0.25, 0.3) is 0 Å². The maximum absolute atomic E-state index is 13.4. The summed E-state index contributed by atoms with van der Waals surface area (Å²) in [5, 5.41) is 2.58. The van der Waals surface area contributed by atoms with Gasteiger partial charge in [0.2, 0.25) is 0 Å². The molecule has 0 amide bonds. The van der Waals surface area contributed by atoms with Gasteiger partial charge >= 0.3 is 24.2 Å². The highest BCUT2D eigenvalue weighted by molar-refractivity contribution is 7.91. The SMILES string of the molecule is CCS(=O)(=O)c1cc(C(F)(F)F)ccc1-n1cc(OCC(F)(F)C(F)(F)C(F)(F)F)c(Cl)n1. The minimum atomic E-state index is -6.60. The minimum absolute atomic E-state index is 0.280. The summed E-state index contributed by atoms with van der Waals surface area (Å²) in [5.74, 6) is -13.8. The Morgan fingerprint density at radius 2 is 1.61 bits per heavy atom. The van der Waals surface area contributed by atoms with Crippen LogP contribution in [0.1, 0.15) is 12.5 Å². The third-order valence-corrected chi connectivity index (χ3v) is 6.13. The van der Waals surface area contributed by atoms with Gasteiger partial charge in [0.05, 0.1) is 28.1 Å². The van der Waals surface area contributed by atoms with Crippen LogP contribution in [0.25, 0.3) is 5.69 Å². The third kappa shape index (κ3) is 5.31. The lowest BCUT2D eigenvalue weighted by Gasteiger charge is -2.27. The first-order chi connectivity index (χ1) is 14.7. The summed E-state index contributed by atoms with van der Waals surface area (Å²) in [6.45, 7) is -1.38. The summed E-state index contributed by atoms with van der Waals surface area (Å²) in [7, 11) is -4.32. The van der Waals surface area contributed by atoms with Gasteiger partial charge in [0.15, 0.2) is 27.3 Å². The molecular weight excluding hydrogens is 526 g/mol. The molecule has 2 aromatic rings. The van der Waals surface area contributed by atoms with E-state index in [1.54, 1.807) is 0 Å². The molecule has 0 aliphatic rings. The second-order valence-electron chi connectivity index (χ2n) is 6.38. The number of rotatable bonds is 7. The third-order valence-electron chi connectivity index (χ3n) is 4.11. The summed E-state index contributed by atoms with van der Waals surface area (Å²) in [5.41, 5.74) is -1.89. The zero-order valence-electron chi connectivity index (χ0n) is 15.9. The van der Waals surface area contributed by atoms with Crippen molar-refractivity contribution in [3.63, 3.8) is 0 Å². The quantitative estimate of drug-likeness (QED) is 0.436. The van der Waals surface area contributed by atoms with E-state index in [1.807, 2.05) is 0 Å². The lowest BCUT2D eigenvalue weighted by atomic mass is 10.2. The number of sulfone groups is 1. The van der Waals surface area contributed by atoms with Crippen LogP contribution >= 0.6 is 11.6 Å². The van der Waals surface area contributed by atoms with Crippen LogP contribution in [-0.4, -0.2) is 48.6 Å². The average molecular weight is 537 g/mol. The van der Waals surface area contributed by atoms with Crippen molar-refractivity contribution in [3.8, 4) is 11.4 Å². The number of benzene rings is 1. The van der Waals surface area contributed by atoms with Crippen molar-refractivity contribution >= 4 is 21.4 Å². The smallest absolute Gasteiger partial charge is 0.460 e. The van der Waals surface area contributed by atoms with Crippen LogP contribution in [0.3, 0.4) is 0 Å². The first kappa shape index (κ1) is 27.0. The molecule has 1 aromatic heterocycles. The minimum Gasteiger partial charge on any atom is -0.482 e. The van der Waals surface area contributed by atoms with E-state index in [1.165, 1.54) is 0 Å². The molecular formula is C16H11ClF10N2O3S. The summed E-state index contributed by atoms with van der Waals surface area (Å²) >= 11 is 5.59. The number of alkyl halides is 10. The van der Waals surface area contributed by atoms with Gasteiger partial charge in [-0.25, -0.2) is 13.1 Å². The molecule has 0 bridgehead atoms. The summed E-state index contributed by atoms with van der Waals surface area (Å²) in [4.78, 5) is -0.889. The van der Waals surface area contributed by atoms with Crippen LogP contribution in [0.2, 0.25) is 5.15 Å². The number of aromatic nitrogens is 2. The molecule has 0 atom stereocenters. The summed E-state index contributed by atoms with van der Waals surface area (Å²) in [6.07, 6.45) is -11.0. The van der Waals surface area contributed by atoms with Gasteiger partial charge in [-0.15, -0.1) is 0 Å². The summed E-state index contributed by atoms with van der Waals surface area (Å²) < 4.78 is 158. The fraction of sp³-hybridized carbons (Fsp3) is 0.438. The van der Waals surface area contributed by atoms with Crippen molar-refractivity contribution in [3.05, 3.63) is 35.1 Å². The Morgan fingerprint density at radius 1 is 1.03 bits per heavy atom. The van der Waals surface area contributed by atoms with E-state index in [-0.39, 0.29) is 6.07 Å². The maximum Gasteiger partial charge on any atom is 0.460 e. The van der Waals surface area contributed by atoms with Crippen LogP contribution < -0.4 is 4.74 Å². The largest absolute Gasteiger partial charge is 0.482 e. The van der Waals surface area contributed by atoms with Gasteiger partial charge in [0, 0.05) is 0 Å². The van der Waals surface area contributed by atoms with E-state index in [4.69, 9.17) is 11.6 Å². The number of hydrogen-bond acceptors (Lipinski definition) is 4. The molecule has 0 unspecified atom stereocenters. The highest BCUT2D eigenvalue weighted by atomic mass is 35.5. The molecule has 0 saturated carbocycles. The van der Waals surface area contributed by atoms with Gasteiger partial charge in [-0.05, 0) is 18.2 Å². The topological polar surface area (TPSA) is 61.2 Å². The van der Waals surface area contributed by atoms with Crippen molar-refractivity contribution in [2.75, 3.05) is 12.4 Å². The molecule has 2 rings (SSSR count). The van der Waals surface area contributed by atoms with Crippen molar-refractivity contribution in [2.24, 2.45) is 0 Å². The average Bonchev–Trinajstić information content (AvgIpc) is 3.04. The fourth-order valence-electron chi connectivity index (χ4n) is 2.31. The molecule has 0 radical (unpaired) electrons. The fourth-order valence-corrected chi connectivity index (χ4v) is 3.59. The molecule has 5 nitrogen and oxygen atoms in total. The predicted molar refractivity (Wildman–Crippen MR) is 92.7 cm³/mol. The van der Waals surface area contributed by atoms with E-state index < -0.39 is 73.4 Å². The number of nitrogens with zero attached hydrogens (tertiary/aromatic N) is 2. The predicted octanol–water partition coefficient (Wildman–Crippen LogP) is 5.55. The van der Waals surface area contributed by atoms with Crippen LogP contribution in [-0.2, 0) is 16.0 Å². The van der Waals surface area contributed by atoms with E-state index in [9.17, 15) is 52.3 Å². The van der Waals surface area contributed by atoms with Crippen molar-refractivity contribution in [1.82, 2.24) is 9.78 Å². The Balaban J connectivity index is 2.47. The molecule has 33 heavy (non-hydrogen) atoms. The number of ether oxygens (including phenoxy) is 1. The highest BCUT2D eigenvalue weighted by Gasteiger charge is 2.73. The maximum atomic E-state index is 13.4.